The van der Waals surface area contributed by atoms with Crippen molar-refractivity contribution in [3.8, 4) is 5.75 Å². The van der Waals surface area contributed by atoms with Crippen molar-refractivity contribution < 1.29 is 9.47 Å². The molecule has 0 spiro atoms. The molecule has 0 bridgehead atoms. The maximum absolute atomic E-state index is 5.59. The minimum Gasteiger partial charge on any atom is -0.490 e. The van der Waals surface area contributed by atoms with Crippen LogP contribution in [0, 0.1) is 0 Å². The summed E-state index contributed by atoms with van der Waals surface area (Å²) < 4.78 is 10.9. The van der Waals surface area contributed by atoms with E-state index in [9.17, 15) is 0 Å². The third kappa shape index (κ3) is 4.33. The molecule has 1 fully saturated rings. The number of hydrogen-bond acceptors (Lipinski definition) is 5. The first-order valence-electron chi connectivity index (χ1n) is 7.92. The average Bonchev–Trinajstić information content (AvgIpc) is 2.55. The smallest absolute Gasteiger partial charge is 0.142 e. The van der Waals surface area contributed by atoms with Crippen LogP contribution in [0.2, 0.25) is 0 Å². The molecule has 2 aliphatic heterocycles. The lowest BCUT2D eigenvalue weighted by Crippen LogP contribution is -2.40. The van der Waals surface area contributed by atoms with Gasteiger partial charge in [-0.2, -0.15) is 0 Å². The average molecular weight is 291 g/mol. The third-order valence-electron chi connectivity index (χ3n) is 4.02. The summed E-state index contributed by atoms with van der Waals surface area (Å²) in [6, 6.07) is 6.44. The summed E-state index contributed by atoms with van der Waals surface area (Å²) in [5, 5.41) is 6.91. The monoisotopic (exact) mass is 291 g/mol. The summed E-state index contributed by atoms with van der Waals surface area (Å²) in [6.07, 6.45) is 1.05. The lowest BCUT2D eigenvalue weighted by Gasteiger charge is -2.26. The van der Waals surface area contributed by atoms with Crippen LogP contribution < -0.4 is 15.4 Å². The minimum atomic E-state index is 0.759. The van der Waals surface area contributed by atoms with Gasteiger partial charge in [-0.25, -0.2) is 0 Å². The molecule has 1 aromatic rings. The molecule has 0 radical (unpaired) electrons. The fraction of sp³-hybridized carbons (Fsp3) is 0.625. The molecular weight excluding hydrogens is 266 g/mol. The van der Waals surface area contributed by atoms with E-state index in [0.29, 0.717) is 0 Å². The van der Waals surface area contributed by atoms with Gasteiger partial charge in [0.2, 0.25) is 0 Å². The lowest BCUT2D eigenvalue weighted by atomic mass is 10.1. The van der Waals surface area contributed by atoms with E-state index >= 15 is 0 Å². The SMILES string of the molecule is c1cc2c(cc1CCNCCN1CCOCC1)NCCO2. The van der Waals surface area contributed by atoms with Crippen LogP contribution >= 0.6 is 0 Å². The number of hydrogen-bond donors (Lipinski definition) is 2. The quantitative estimate of drug-likeness (QED) is 0.764. The maximum Gasteiger partial charge on any atom is 0.142 e. The van der Waals surface area contributed by atoms with Crippen LogP contribution in [0.5, 0.6) is 5.75 Å². The van der Waals surface area contributed by atoms with Gasteiger partial charge in [0.1, 0.15) is 12.4 Å². The molecule has 0 saturated carbocycles. The Morgan fingerprint density at radius 1 is 1.14 bits per heavy atom. The van der Waals surface area contributed by atoms with E-state index in [1.165, 1.54) is 5.56 Å². The number of nitrogens with one attached hydrogen (secondary N) is 2. The summed E-state index contributed by atoms with van der Waals surface area (Å²) in [4.78, 5) is 2.46. The van der Waals surface area contributed by atoms with Gasteiger partial charge >= 0.3 is 0 Å². The van der Waals surface area contributed by atoms with Crippen LogP contribution in [-0.4, -0.2) is 64.0 Å². The summed E-state index contributed by atoms with van der Waals surface area (Å²) >= 11 is 0. The van der Waals surface area contributed by atoms with Crippen LogP contribution in [0.1, 0.15) is 5.56 Å². The fourth-order valence-electron chi connectivity index (χ4n) is 2.76. The standard InChI is InChI=1S/C16H25N3O2/c1-2-16-15(18-6-10-21-16)13-14(1)3-4-17-5-7-19-8-11-20-12-9-19/h1-2,13,17-18H,3-12H2. The second-order valence-electron chi connectivity index (χ2n) is 5.56. The molecule has 5 nitrogen and oxygen atoms in total. The number of morpholine rings is 1. The van der Waals surface area contributed by atoms with Crippen molar-refractivity contribution in [1.82, 2.24) is 10.2 Å². The number of rotatable bonds is 6. The van der Waals surface area contributed by atoms with Crippen LogP contribution in [0.3, 0.4) is 0 Å². The van der Waals surface area contributed by atoms with Crippen molar-refractivity contribution in [3.63, 3.8) is 0 Å². The first-order chi connectivity index (χ1) is 10.4. The highest BCUT2D eigenvalue weighted by atomic mass is 16.5. The Morgan fingerprint density at radius 2 is 2.05 bits per heavy atom. The van der Waals surface area contributed by atoms with Crippen molar-refractivity contribution in [2.75, 3.05) is 64.4 Å². The van der Waals surface area contributed by atoms with E-state index in [4.69, 9.17) is 9.47 Å². The van der Waals surface area contributed by atoms with Crippen molar-refractivity contribution in [3.05, 3.63) is 23.8 Å². The largest absolute Gasteiger partial charge is 0.490 e. The molecule has 2 heterocycles. The molecule has 116 valence electrons. The first kappa shape index (κ1) is 14.6. The van der Waals surface area contributed by atoms with E-state index in [1.54, 1.807) is 0 Å². The van der Waals surface area contributed by atoms with E-state index < -0.39 is 0 Å². The molecule has 0 amide bonds. The molecular formula is C16H25N3O2. The molecule has 21 heavy (non-hydrogen) atoms. The number of fused-ring (bicyclic) bond motifs is 1. The molecule has 0 aliphatic carbocycles. The van der Waals surface area contributed by atoms with Crippen molar-refractivity contribution in [2.24, 2.45) is 0 Å². The van der Waals surface area contributed by atoms with Crippen LogP contribution in [0.25, 0.3) is 0 Å². The third-order valence-corrected chi connectivity index (χ3v) is 4.02. The molecule has 0 unspecified atom stereocenters. The summed E-state index contributed by atoms with van der Waals surface area (Å²) in [5.74, 6) is 0.977. The molecule has 1 saturated heterocycles. The van der Waals surface area contributed by atoms with E-state index in [1.807, 2.05) is 0 Å². The van der Waals surface area contributed by atoms with Gasteiger partial charge < -0.3 is 20.1 Å². The Labute approximate surface area is 126 Å². The van der Waals surface area contributed by atoms with E-state index in [2.05, 4.69) is 33.7 Å². The minimum absolute atomic E-state index is 0.759. The topological polar surface area (TPSA) is 45.8 Å². The van der Waals surface area contributed by atoms with Gasteiger partial charge in [0.25, 0.3) is 0 Å². The summed E-state index contributed by atoms with van der Waals surface area (Å²) in [5.41, 5.74) is 2.48. The molecule has 0 aromatic heterocycles. The van der Waals surface area contributed by atoms with Gasteiger partial charge in [-0.05, 0) is 30.7 Å². The van der Waals surface area contributed by atoms with Gasteiger partial charge in [0.05, 0.1) is 18.9 Å². The number of ether oxygens (including phenoxy) is 2. The highest BCUT2D eigenvalue weighted by Gasteiger charge is 2.10. The molecule has 5 heteroatoms. The van der Waals surface area contributed by atoms with Crippen LogP contribution in [0.4, 0.5) is 5.69 Å². The van der Waals surface area contributed by atoms with Gasteiger partial charge in [-0.1, -0.05) is 6.07 Å². The number of nitrogens with zero attached hydrogens (tertiary/aromatic N) is 1. The lowest BCUT2D eigenvalue weighted by molar-refractivity contribution is 0.0385. The van der Waals surface area contributed by atoms with E-state index in [-0.39, 0.29) is 0 Å². The van der Waals surface area contributed by atoms with Crippen molar-refractivity contribution >= 4 is 5.69 Å². The Kier molecular flexibility index (Phi) is 5.32. The zero-order valence-electron chi connectivity index (χ0n) is 12.6. The van der Waals surface area contributed by atoms with Crippen LogP contribution in [0.15, 0.2) is 18.2 Å². The molecule has 0 atom stereocenters. The molecule has 3 rings (SSSR count). The second-order valence-corrected chi connectivity index (χ2v) is 5.56. The number of anilines is 1. The van der Waals surface area contributed by atoms with Crippen molar-refractivity contribution in [2.45, 2.75) is 6.42 Å². The fourth-order valence-corrected chi connectivity index (χ4v) is 2.76. The molecule has 2 N–H and O–H groups in total. The van der Waals surface area contributed by atoms with E-state index in [0.717, 1.165) is 76.9 Å². The molecule has 1 aromatic carbocycles. The summed E-state index contributed by atoms with van der Waals surface area (Å²) in [7, 11) is 0. The zero-order chi connectivity index (χ0) is 14.3. The predicted molar refractivity (Wildman–Crippen MR) is 84.3 cm³/mol. The molecule has 2 aliphatic rings. The van der Waals surface area contributed by atoms with Crippen LogP contribution in [-0.2, 0) is 11.2 Å². The Balaban J connectivity index is 1.35. The highest BCUT2D eigenvalue weighted by molar-refractivity contribution is 5.59. The zero-order valence-corrected chi connectivity index (χ0v) is 12.6. The van der Waals surface area contributed by atoms with Gasteiger partial charge in [-0.3, -0.25) is 4.90 Å². The second kappa shape index (κ2) is 7.64. The summed E-state index contributed by atoms with van der Waals surface area (Å²) in [6.45, 7) is 8.73. The van der Waals surface area contributed by atoms with Gasteiger partial charge in [0, 0.05) is 32.7 Å². The normalized spacial score (nSPS) is 18.7. The van der Waals surface area contributed by atoms with Gasteiger partial charge in [-0.15, -0.1) is 0 Å². The first-order valence-corrected chi connectivity index (χ1v) is 7.92. The number of benzene rings is 1. The predicted octanol–water partition coefficient (Wildman–Crippen LogP) is 0.955. The van der Waals surface area contributed by atoms with Gasteiger partial charge in [0.15, 0.2) is 0 Å². The Hall–Kier alpha value is -1.30. The Bertz CT molecular complexity index is 447. The highest BCUT2D eigenvalue weighted by Crippen LogP contribution is 2.27. The maximum atomic E-state index is 5.59. The van der Waals surface area contributed by atoms with Crippen molar-refractivity contribution in [1.29, 1.82) is 0 Å². The Morgan fingerprint density at radius 3 is 2.95 bits per heavy atom.